The highest BCUT2D eigenvalue weighted by Crippen LogP contribution is 2.49. The van der Waals surface area contributed by atoms with Crippen LogP contribution in [0.5, 0.6) is 17.2 Å². The minimum Gasteiger partial charge on any atom is -0.497 e. The molecule has 0 bridgehead atoms. The molecule has 152 valence electrons. The van der Waals surface area contributed by atoms with Crippen LogP contribution in [0.25, 0.3) is 0 Å². The van der Waals surface area contributed by atoms with Crippen LogP contribution in [0.2, 0.25) is 0 Å². The summed E-state index contributed by atoms with van der Waals surface area (Å²) in [5, 5.41) is 7.39. The molecule has 6 nitrogen and oxygen atoms in total. The van der Waals surface area contributed by atoms with Crippen molar-refractivity contribution in [3.63, 3.8) is 0 Å². The lowest BCUT2D eigenvalue weighted by atomic mass is 9.91. The van der Waals surface area contributed by atoms with Gasteiger partial charge in [-0.1, -0.05) is 18.2 Å². The summed E-state index contributed by atoms with van der Waals surface area (Å²) in [7, 11) is 5.62. The molecule has 5 rings (SSSR count). The van der Waals surface area contributed by atoms with Gasteiger partial charge in [0.05, 0.1) is 59.0 Å². The smallest absolute Gasteiger partial charge is 0.208 e. The molecule has 1 spiro atoms. The number of quaternary nitrogens is 1. The van der Waals surface area contributed by atoms with E-state index in [4.69, 9.17) is 19.3 Å². The number of hydrogen-bond acceptors (Lipinski definition) is 5. The van der Waals surface area contributed by atoms with E-state index < -0.39 is 0 Å². The van der Waals surface area contributed by atoms with Crippen molar-refractivity contribution < 1.29 is 19.1 Å². The summed E-state index contributed by atoms with van der Waals surface area (Å²) in [6.07, 6.45) is 2.79. The fourth-order valence-corrected chi connectivity index (χ4v) is 4.83. The monoisotopic (exact) mass is 394 g/mol. The van der Waals surface area contributed by atoms with Crippen LogP contribution in [0.1, 0.15) is 36.4 Å². The minimum atomic E-state index is -0.361. The molecule has 0 amide bonds. The van der Waals surface area contributed by atoms with Gasteiger partial charge in [-0.3, -0.25) is 0 Å². The van der Waals surface area contributed by atoms with Crippen LogP contribution in [0.3, 0.4) is 0 Å². The lowest BCUT2D eigenvalue weighted by Crippen LogP contribution is -3.11. The van der Waals surface area contributed by atoms with Gasteiger partial charge in [-0.15, -0.1) is 0 Å². The van der Waals surface area contributed by atoms with Gasteiger partial charge >= 0.3 is 0 Å². The molecule has 0 saturated carbocycles. The first-order valence-corrected chi connectivity index (χ1v) is 10.3. The number of benzene rings is 2. The third-order valence-corrected chi connectivity index (χ3v) is 6.51. The van der Waals surface area contributed by atoms with E-state index in [2.05, 4.69) is 36.3 Å². The lowest BCUT2D eigenvalue weighted by Gasteiger charge is -2.49. The number of para-hydroxylation sites is 1. The van der Waals surface area contributed by atoms with Crippen molar-refractivity contribution in [1.29, 1.82) is 0 Å². The molecule has 3 aliphatic heterocycles. The standard InChI is InChI=1S/C23H27N3O3/c1-25-12-10-23(11-13-25)26-20(18-6-4-5-7-21(18)29-23)15-19(24-26)17-9-8-16(27-2)14-22(17)28-3/h4-9,14,20H,10-13,15H2,1-3H3/p+1/t20-/m0/s1. The second kappa shape index (κ2) is 6.95. The van der Waals surface area contributed by atoms with E-state index in [1.165, 1.54) is 5.56 Å². The molecule has 2 aromatic rings. The lowest BCUT2D eigenvalue weighted by molar-refractivity contribution is -0.888. The number of likely N-dealkylation sites (tertiary alicyclic amines) is 1. The molecule has 29 heavy (non-hydrogen) atoms. The van der Waals surface area contributed by atoms with Crippen molar-refractivity contribution >= 4 is 5.71 Å². The number of piperidine rings is 1. The number of fused-ring (bicyclic) bond motifs is 4. The van der Waals surface area contributed by atoms with Gasteiger partial charge in [-0.25, -0.2) is 5.01 Å². The Kier molecular flexibility index (Phi) is 4.39. The highest BCUT2D eigenvalue weighted by atomic mass is 16.5. The summed E-state index contributed by atoms with van der Waals surface area (Å²) in [4.78, 5) is 1.55. The number of hydrogen-bond donors (Lipinski definition) is 1. The van der Waals surface area contributed by atoms with Gasteiger partial charge < -0.3 is 19.1 Å². The normalized spacial score (nSPS) is 27.7. The third-order valence-electron chi connectivity index (χ3n) is 6.51. The van der Waals surface area contributed by atoms with Gasteiger partial charge in [0.15, 0.2) is 0 Å². The van der Waals surface area contributed by atoms with E-state index >= 15 is 0 Å². The summed E-state index contributed by atoms with van der Waals surface area (Å²) in [6.45, 7) is 2.17. The van der Waals surface area contributed by atoms with E-state index in [0.29, 0.717) is 0 Å². The number of nitrogens with zero attached hydrogens (tertiary/aromatic N) is 2. The maximum Gasteiger partial charge on any atom is 0.208 e. The van der Waals surface area contributed by atoms with Crippen molar-refractivity contribution in [2.45, 2.75) is 31.0 Å². The number of ether oxygens (including phenoxy) is 3. The van der Waals surface area contributed by atoms with Gasteiger partial charge in [-0.2, -0.15) is 5.10 Å². The molecule has 1 atom stereocenters. The Balaban J connectivity index is 1.58. The Hall–Kier alpha value is -2.73. The molecule has 0 aliphatic carbocycles. The van der Waals surface area contributed by atoms with Crippen molar-refractivity contribution in [1.82, 2.24) is 5.01 Å². The maximum absolute atomic E-state index is 6.65. The van der Waals surface area contributed by atoms with Crippen LogP contribution in [0.15, 0.2) is 47.6 Å². The van der Waals surface area contributed by atoms with Crippen molar-refractivity contribution in [2.75, 3.05) is 34.4 Å². The highest BCUT2D eigenvalue weighted by molar-refractivity contribution is 6.04. The van der Waals surface area contributed by atoms with Crippen LogP contribution < -0.4 is 19.1 Å². The molecule has 1 N–H and O–H groups in total. The molecule has 6 heteroatoms. The summed E-state index contributed by atoms with van der Waals surface area (Å²) in [5.74, 6) is 2.58. The van der Waals surface area contributed by atoms with Gasteiger partial charge in [0.25, 0.3) is 0 Å². The average molecular weight is 394 g/mol. The zero-order chi connectivity index (χ0) is 20.0. The van der Waals surface area contributed by atoms with Crippen molar-refractivity contribution in [3.05, 3.63) is 53.6 Å². The van der Waals surface area contributed by atoms with E-state index in [0.717, 1.165) is 60.9 Å². The zero-order valence-electron chi connectivity index (χ0n) is 17.3. The molecule has 1 saturated heterocycles. The van der Waals surface area contributed by atoms with Crippen molar-refractivity contribution in [2.24, 2.45) is 5.10 Å². The molecule has 3 heterocycles. The molecule has 1 fully saturated rings. The topological polar surface area (TPSA) is 47.7 Å². The molecule has 0 aromatic heterocycles. The van der Waals surface area contributed by atoms with Gasteiger partial charge in [0.2, 0.25) is 5.72 Å². The van der Waals surface area contributed by atoms with Gasteiger partial charge in [0, 0.05) is 23.6 Å². The Morgan fingerprint density at radius 1 is 1.10 bits per heavy atom. The third kappa shape index (κ3) is 2.94. The summed E-state index contributed by atoms with van der Waals surface area (Å²) >= 11 is 0. The summed E-state index contributed by atoms with van der Waals surface area (Å²) in [5.41, 5.74) is 2.92. The SMILES string of the molecule is COc1ccc(C2=NN3[C@@H](C2)c2ccccc2OC32CC[NH+](C)CC2)c(OC)c1. The first-order chi connectivity index (χ1) is 14.1. The van der Waals surface area contributed by atoms with Gasteiger partial charge in [-0.05, 0) is 18.2 Å². The first-order valence-electron chi connectivity index (χ1n) is 10.3. The number of nitrogens with one attached hydrogen (secondary N) is 1. The molecule has 2 aromatic carbocycles. The summed E-state index contributed by atoms with van der Waals surface area (Å²) in [6, 6.07) is 14.6. The Morgan fingerprint density at radius 2 is 1.90 bits per heavy atom. The molecular weight excluding hydrogens is 366 g/mol. The number of methoxy groups -OCH3 is 2. The highest BCUT2D eigenvalue weighted by Gasteiger charge is 2.52. The molecule has 0 radical (unpaired) electrons. The minimum absolute atomic E-state index is 0.195. The maximum atomic E-state index is 6.65. The Bertz CT molecular complexity index is 950. The zero-order valence-corrected chi connectivity index (χ0v) is 17.3. The number of hydrazone groups is 1. The predicted octanol–water partition coefficient (Wildman–Crippen LogP) is 2.25. The van der Waals surface area contributed by atoms with Crippen LogP contribution >= 0.6 is 0 Å². The fourth-order valence-electron chi connectivity index (χ4n) is 4.83. The quantitative estimate of drug-likeness (QED) is 0.868. The summed E-state index contributed by atoms with van der Waals surface area (Å²) < 4.78 is 17.7. The average Bonchev–Trinajstić information content (AvgIpc) is 3.22. The van der Waals surface area contributed by atoms with Crippen LogP contribution in [-0.2, 0) is 0 Å². The molecular formula is C23H28N3O3+. The Labute approximate surface area is 171 Å². The Morgan fingerprint density at radius 3 is 2.66 bits per heavy atom. The van der Waals surface area contributed by atoms with Crippen LogP contribution in [0, 0.1) is 0 Å². The van der Waals surface area contributed by atoms with Crippen LogP contribution in [-0.4, -0.2) is 50.8 Å². The number of rotatable bonds is 3. The predicted molar refractivity (Wildman–Crippen MR) is 111 cm³/mol. The second-order valence-corrected chi connectivity index (χ2v) is 8.22. The van der Waals surface area contributed by atoms with Crippen LogP contribution in [0.4, 0.5) is 0 Å². The van der Waals surface area contributed by atoms with Crippen molar-refractivity contribution in [3.8, 4) is 17.2 Å². The largest absolute Gasteiger partial charge is 0.497 e. The van der Waals surface area contributed by atoms with E-state index in [-0.39, 0.29) is 11.8 Å². The van der Waals surface area contributed by atoms with E-state index in [1.54, 1.807) is 19.1 Å². The second-order valence-electron chi connectivity index (χ2n) is 8.22. The van der Waals surface area contributed by atoms with E-state index in [9.17, 15) is 0 Å². The van der Waals surface area contributed by atoms with E-state index in [1.807, 2.05) is 18.2 Å². The first kappa shape index (κ1) is 18.3. The molecule has 3 aliphatic rings. The fraction of sp³-hybridized carbons (Fsp3) is 0.435. The van der Waals surface area contributed by atoms with Gasteiger partial charge in [0.1, 0.15) is 17.2 Å². The molecule has 0 unspecified atom stereocenters.